The third-order valence-corrected chi connectivity index (χ3v) is 10.8. The molecule has 4 unspecified atom stereocenters. The average Bonchev–Trinajstić information content (AvgIpc) is 3.46. The number of amides is 1. The lowest BCUT2D eigenvalue weighted by Gasteiger charge is -2.34. The Labute approximate surface area is 223 Å². The maximum absolute atomic E-state index is 13.1. The van der Waals surface area contributed by atoms with Gasteiger partial charge in [0.2, 0.25) is 15.9 Å². The second-order valence-electron chi connectivity index (χ2n) is 11.1. The fourth-order valence-corrected chi connectivity index (χ4v) is 7.78. The highest BCUT2D eigenvalue weighted by atomic mass is 32.2. The molecule has 11 heteroatoms. The van der Waals surface area contributed by atoms with E-state index in [0.29, 0.717) is 29.2 Å². The first kappa shape index (κ1) is 25.4. The zero-order chi connectivity index (χ0) is 26.8. The summed E-state index contributed by atoms with van der Waals surface area (Å²) in [5.74, 6) is 2.55. The summed E-state index contributed by atoms with van der Waals surface area (Å²) >= 11 is 0. The Balaban J connectivity index is 1.16. The Morgan fingerprint density at radius 3 is 2.61 bits per heavy atom. The van der Waals surface area contributed by atoms with Crippen molar-refractivity contribution >= 4 is 27.3 Å². The van der Waals surface area contributed by atoms with Crippen LogP contribution in [0.3, 0.4) is 0 Å². The zero-order valence-electron chi connectivity index (χ0n) is 22.1. The zero-order valence-corrected chi connectivity index (χ0v) is 22.9. The summed E-state index contributed by atoms with van der Waals surface area (Å²) < 4.78 is 37.5. The summed E-state index contributed by atoms with van der Waals surface area (Å²) in [4.78, 5) is 13.3. The number of fused-ring (bicyclic) bond motifs is 3. The third-order valence-electron chi connectivity index (χ3n) is 9.00. The molecule has 1 saturated heterocycles. The van der Waals surface area contributed by atoms with E-state index < -0.39 is 15.4 Å². The SMILES string of the molecule is COc1ccc2c(c1)[C@]1(C[C@H]1C1CCC3C(C1)NNC3Nc1cc(S(=O)(=O)N(C)C)ccc1OC)C(=O)N2. The molecule has 10 nitrogen and oxygen atoms in total. The second kappa shape index (κ2) is 9.11. The molecule has 38 heavy (non-hydrogen) atoms. The molecule has 2 aromatic carbocycles. The van der Waals surface area contributed by atoms with Gasteiger partial charge in [-0.25, -0.2) is 18.1 Å². The van der Waals surface area contributed by atoms with E-state index in [1.807, 2.05) is 18.2 Å². The summed E-state index contributed by atoms with van der Waals surface area (Å²) in [6, 6.07) is 11.0. The smallest absolute Gasteiger partial charge is 0.242 e. The highest BCUT2D eigenvalue weighted by molar-refractivity contribution is 7.89. The van der Waals surface area contributed by atoms with Gasteiger partial charge < -0.3 is 20.1 Å². The number of hydrazine groups is 1. The number of carbonyl (C=O) groups excluding carboxylic acids is 1. The van der Waals surface area contributed by atoms with Crippen LogP contribution in [0.1, 0.15) is 31.2 Å². The monoisotopic (exact) mass is 541 g/mol. The normalized spacial score (nSPS) is 31.6. The molecule has 2 aliphatic carbocycles. The Morgan fingerprint density at radius 1 is 1.05 bits per heavy atom. The van der Waals surface area contributed by atoms with Crippen LogP contribution in [0.2, 0.25) is 0 Å². The van der Waals surface area contributed by atoms with Crippen LogP contribution in [0.15, 0.2) is 41.3 Å². The van der Waals surface area contributed by atoms with Gasteiger partial charge in [0.15, 0.2) is 0 Å². The second-order valence-corrected chi connectivity index (χ2v) is 13.2. The molecule has 2 saturated carbocycles. The number of nitrogens with one attached hydrogen (secondary N) is 4. The van der Waals surface area contributed by atoms with Crippen LogP contribution in [0.4, 0.5) is 11.4 Å². The molecule has 3 fully saturated rings. The van der Waals surface area contributed by atoms with Crippen molar-refractivity contribution in [2.24, 2.45) is 17.8 Å². The fourth-order valence-electron chi connectivity index (χ4n) is 6.85. The van der Waals surface area contributed by atoms with Gasteiger partial charge in [0, 0.05) is 31.7 Å². The largest absolute Gasteiger partial charge is 0.497 e. The van der Waals surface area contributed by atoms with E-state index in [4.69, 9.17) is 9.47 Å². The highest BCUT2D eigenvalue weighted by Gasteiger charge is 2.67. The predicted octanol–water partition coefficient (Wildman–Crippen LogP) is 2.49. The minimum absolute atomic E-state index is 0.0833. The molecule has 4 N–H and O–H groups in total. The summed E-state index contributed by atoms with van der Waals surface area (Å²) in [5, 5.41) is 6.59. The number of hydrogen-bond donors (Lipinski definition) is 4. The van der Waals surface area contributed by atoms with Gasteiger partial charge in [0.25, 0.3) is 0 Å². The number of sulfonamides is 1. The van der Waals surface area contributed by atoms with Crippen LogP contribution >= 0.6 is 0 Å². The number of nitrogens with zero attached hydrogens (tertiary/aromatic N) is 1. The topological polar surface area (TPSA) is 121 Å². The number of hydrogen-bond acceptors (Lipinski definition) is 8. The van der Waals surface area contributed by atoms with Crippen LogP contribution in [-0.4, -0.2) is 59.2 Å². The van der Waals surface area contributed by atoms with E-state index in [0.717, 1.165) is 42.7 Å². The first-order chi connectivity index (χ1) is 18.2. The Hall–Kier alpha value is -2.86. The van der Waals surface area contributed by atoms with Crippen molar-refractivity contribution < 1.29 is 22.7 Å². The molecule has 204 valence electrons. The molecule has 6 atom stereocenters. The molecule has 6 rings (SSSR count). The van der Waals surface area contributed by atoms with Crippen molar-refractivity contribution in [3.63, 3.8) is 0 Å². The molecule has 0 radical (unpaired) electrons. The molecule has 1 spiro atoms. The maximum Gasteiger partial charge on any atom is 0.242 e. The lowest BCUT2D eigenvalue weighted by molar-refractivity contribution is -0.118. The van der Waals surface area contributed by atoms with Crippen LogP contribution in [0.25, 0.3) is 0 Å². The van der Waals surface area contributed by atoms with Crippen molar-refractivity contribution in [1.29, 1.82) is 0 Å². The molecule has 2 heterocycles. The Morgan fingerprint density at radius 2 is 1.87 bits per heavy atom. The minimum atomic E-state index is -3.57. The van der Waals surface area contributed by atoms with Gasteiger partial charge in [-0.3, -0.25) is 10.2 Å². The van der Waals surface area contributed by atoms with Gasteiger partial charge in [0.1, 0.15) is 11.5 Å². The van der Waals surface area contributed by atoms with Crippen molar-refractivity contribution in [2.45, 2.75) is 48.2 Å². The van der Waals surface area contributed by atoms with E-state index >= 15 is 0 Å². The van der Waals surface area contributed by atoms with Gasteiger partial charge in [0.05, 0.1) is 36.4 Å². The van der Waals surface area contributed by atoms with Crippen LogP contribution in [0.5, 0.6) is 11.5 Å². The van der Waals surface area contributed by atoms with Crippen LogP contribution in [-0.2, 0) is 20.2 Å². The quantitative estimate of drug-likeness (QED) is 0.422. The molecule has 0 aromatic heterocycles. The van der Waals surface area contributed by atoms with Crippen molar-refractivity contribution in [3.05, 3.63) is 42.0 Å². The van der Waals surface area contributed by atoms with E-state index in [1.54, 1.807) is 32.4 Å². The maximum atomic E-state index is 13.1. The van der Waals surface area contributed by atoms with Crippen LogP contribution in [0, 0.1) is 17.8 Å². The van der Waals surface area contributed by atoms with E-state index in [9.17, 15) is 13.2 Å². The molecule has 4 aliphatic rings. The molecule has 1 amide bonds. The molecular weight excluding hydrogens is 506 g/mol. The Kier molecular flexibility index (Phi) is 6.10. The summed E-state index contributed by atoms with van der Waals surface area (Å²) in [7, 11) is 2.70. The van der Waals surface area contributed by atoms with Crippen molar-refractivity contribution in [1.82, 2.24) is 15.2 Å². The van der Waals surface area contributed by atoms with Crippen molar-refractivity contribution in [3.8, 4) is 11.5 Å². The third kappa shape index (κ3) is 3.86. The fraction of sp³-hybridized carbons (Fsp3) is 0.519. The first-order valence-electron chi connectivity index (χ1n) is 13.1. The molecular formula is C27H35N5O5S. The number of carbonyl (C=O) groups is 1. The van der Waals surface area contributed by atoms with E-state index in [-0.39, 0.29) is 23.0 Å². The van der Waals surface area contributed by atoms with Gasteiger partial charge >= 0.3 is 0 Å². The lowest BCUT2D eigenvalue weighted by atomic mass is 9.74. The van der Waals surface area contributed by atoms with Gasteiger partial charge in [-0.15, -0.1) is 0 Å². The van der Waals surface area contributed by atoms with Crippen molar-refractivity contribution in [2.75, 3.05) is 38.9 Å². The van der Waals surface area contributed by atoms with Gasteiger partial charge in [-0.2, -0.15) is 0 Å². The number of benzene rings is 2. The summed E-state index contributed by atoms with van der Waals surface area (Å²) in [5.41, 5.74) is 9.04. The number of methoxy groups -OCH3 is 2. The molecule has 0 bridgehead atoms. The minimum Gasteiger partial charge on any atom is -0.497 e. The van der Waals surface area contributed by atoms with Crippen LogP contribution < -0.4 is 31.0 Å². The number of rotatable bonds is 7. The van der Waals surface area contributed by atoms with Gasteiger partial charge in [-0.1, -0.05) is 0 Å². The summed E-state index contributed by atoms with van der Waals surface area (Å²) in [6.45, 7) is 0. The number of anilines is 2. The highest BCUT2D eigenvalue weighted by Crippen LogP contribution is 2.65. The predicted molar refractivity (Wildman–Crippen MR) is 144 cm³/mol. The van der Waals surface area contributed by atoms with E-state index in [2.05, 4.69) is 21.5 Å². The summed E-state index contributed by atoms with van der Waals surface area (Å²) in [6.07, 6.45) is 3.79. The lowest BCUT2D eigenvalue weighted by Crippen LogP contribution is -2.39. The van der Waals surface area contributed by atoms with Gasteiger partial charge in [-0.05, 0) is 79.5 Å². The molecule has 2 aliphatic heterocycles. The average molecular weight is 542 g/mol. The first-order valence-corrected chi connectivity index (χ1v) is 14.5. The van der Waals surface area contributed by atoms with E-state index in [1.165, 1.54) is 18.4 Å². The number of ether oxygens (including phenoxy) is 2. The molecule has 2 aromatic rings. The Bertz CT molecular complexity index is 1380. The standard InChI is InChI=1S/C27H35N5O5S/c1-32(2)38(34,35)17-7-10-24(37-4)23(13-17)28-25-18-8-5-15(11-22(18)30-31-25)20-14-27(20)19-12-16(36-3)6-9-21(19)29-26(27)33/h6-7,9-10,12-13,15,18,20,22,25,28,30-31H,5,8,11,14H2,1-4H3,(H,29,33)/t15?,18?,20-,22?,25?,27-/m0/s1.